The molecule has 1 aromatic rings. The molecule has 84 valence electrons. The Labute approximate surface area is 89.5 Å². The van der Waals surface area contributed by atoms with Crippen LogP contribution in [0.1, 0.15) is 12.5 Å². The van der Waals surface area contributed by atoms with Gasteiger partial charge in [0.15, 0.2) is 0 Å². The van der Waals surface area contributed by atoms with Gasteiger partial charge >= 0.3 is 0 Å². The van der Waals surface area contributed by atoms with Crippen molar-refractivity contribution < 1.29 is 13.2 Å². The maximum atomic E-state index is 11.3. The normalized spacial score (nSPS) is 11.1. The lowest BCUT2D eigenvalue weighted by molar-refractivity contribution is 0.397. The third-order valence-electron chi connectivity index (χ3n) is 1.94. The standard InChI is InChI=1S/C9H14N2O3S/c1-4-15(12,13)11-8-6-10-9(14-3)5-7(8)2/h5-6,11H,4H2,1-3H3. The van der Waals surface area contributed by atoms with Crippen molar-refractivity contribution in [2.45, 2.75) is 13.8 Å². The van der Waals surface area contributed by atoms with Crippen molar-refractivity contribution in [1.29, 1.82) is 0 Å². The summed E-state index contributed by atoms with van der Waals surface area (Å²) in [4.78, 5) is 3.93. The van der Waals surface area contributed by atoms with Crippen LogP contribution in [0.5, 0.6) is 5.88 Å². The summed E-state index contributed by atoms with van der Waals surface area (Å²) < 4.78 is 30.0. The van der Waals surface area contributed by atoms with Crippen LogP contribution in [0.15, 0.2) is 12.3 Å². The minimum absolute atomic E-state index is 0.0401. The van der Waals surface area contributed by atoms with Gasteiger partial charge < -0.3 is 4.74 Å². The van der Waals surface area contributed by atoms with E-state index in [1.807, 2.05) is 0 Å². The van der Waals surface area contributed by atoms with E-state index in [1.54, 1.807) is 19.9 Å². The van der Waals surface area contributed by atoms with Crippen LogP contribution < -0.4 is 9.46 Å². The van der Waals surface area contributed by atoms with Gasteiger partial charge in [0, 0.05) is 6.07 Å². The average molecular weight is 230 g/mol. The fourth-order valence-corrected chi connectivity index (χ4v) is 1.68. The fourth-order valence-electron chi connectivity index (χ4n) is 0.988. The summed E-state index contributed by atoms with van der Waals surface area (Å²) in [5, 5.41) is 0. The first-order chi connectivity index (χ1) is 6.98. The van der Waals surface area contributed by atoms with E-state index in [0.29, 0.717) is 11.6 Å². The molecule has 0 radical (unpaired) electrons. The summed E-state index contributed by atoms with van der Waals surface area (Å²) in [6.45, 7) is 3.37. The molecule has 0 aliphatic rings. The number of hydrogen-bond acceptors (Lipinski definition) is 4. The van der Waals surface area contributed by atoms with E-state index in [0.717, 1.165) is 5.56 Å². The number of ether oxygens (including phenoxy) is 1. The van der Waals surface area contributed by atoms with Crippen molar-refractivity contribution >= 4 is 15.7 Å². The molecule has 1 rings (SSSR count). The Kier molecular flexibility index (Phi) is 3.52. The molecule has 0 bridgehead atoms. The number of nitrogens with one attached hydrogen (secondary N) is 1. The van der Waals surface area contributed by atoms with E-state index in [4.69, 9.17) is 4.74 Å². The number of sulfonamides is 1. The number of pyridine rings is 1. The van der Waals surface area contributed by atoms with Gasteiger partial charge in [-0.15, -0.1) is 0 Å². The minimum Gasteiger partial charge on any atom is -0.481 e. The quantitative estimate of drug-likeness (QED) is 0.842. The Balaban J connectivity index is 2.97. The molecule has 15 heavy (non-hydrogen) atoms. The predicted molar refractivity (Wildman–Crippen MR) is 58.6 cm³/mol. The second kappa shape index (κ2) is 4.48. The lowest BCUT2D eigenvalue weighted by Crippen LogP contribution is -2.15. The molecule has 5 nitrogen and oxygen atoms in total. The summed E-state index contributed by atoms with van der Waals surface area (Å²) in [6.07, 6.45) is 1.45. The predicted octanol–water partition coefficient (Wildman–Crippen LogP) is 1.16. The summed E-state index contributed by atoms with van der Waals surface area (Å²) in [7, 11) is -1.73. The Bertz CT molecular complexity index is 443. The van der Waals surface area contributed by atoms with Crippen LogP contribution in [0.3, 0.4) is 0 Å². The molecule has 0 amide bonds. The molecule has 0 aliphatic heterocycles. The van der Waals surface area contributed by atoms with E-state index in [1.165, 1.54) is 13.3 Å². The molecule has 0 spiro atoms. The van der Waals surface area contributed by atoms with Crippen molar-refractivity contribution in [2.75, 3.05) is 17.6 Å². The molecule has 0 unspecified atom stereocenters. The molecule has 0 aliphatic carbocycles. The number of hydrogen-bond donors (Lipinski definition) is 1. The van der Waals surface area contributed by atoms with E-state index in [2.05, 4.69) is 9.71 Å². The molecule has 0 fully saturated rings. The molecule has 1 N–H and O–H groups in total. The van der Waals surface area contributed by atoms with Crippen LogP contribution in [0.2, 0.25) is 0 Å². The van der Waals surface area contributed by atoms with Gasteiger partial charge in [-0.2, -0.15) is 0 Å². The van der Waals surface area contributed by atoms with Gasteiger partial charge in [0.1, 0.15) is 0 Å². The summed E-state index contributed by atoms with van der Waals surface area (Å²) >= 11 is 0. The molecule has 1 heterocycles. The zero-order valence-electron chi connectivity index (χ0n) is 8.94. The Morgan fingerprint density at radius 2 is 2.20 bits per heavy atom. The molecular formula is C9H14N2O3S. The number of nitrogens with zero attached hydrogens (tertiary/aromatic N) is 1. The third-order valence-corrected chi connectivity index (χ3v) is 3.23. The van der Waals surface area contributed by atoms with Crippen molar-refractivity contribution in [3.05, 3.63) is 17.8 Å². The highest BCUT2D eigenvalue weighted by atomic mass is 32.2. The summed E-state index contributed by atoms with van der Waals surface area (Å²) in [5.41, 5.74) is 1.26. The van der Waals surface area contributed by atoms with Crippen LogP contribution in [-0.4, -0.2) is 26.3 Å². The summed E-state index contributed by atoms with van der Waals surface area (Å²) in [5.74, 6) is 0.505. The van der Waals surface area contributed by atoms with Gasteiger partial charge in [-0.25, -0.2) is 13.4 Å². The van der Waals surface area contributed by atoms with Gasteiger partial charge in [0.05, 0.1) is 24.7 Å². The molecule has 0 saturated carbocycles. The molecular weight excluding hydrogens is 216 g/mol. The highest BCUT2D eigenvalue weighted by Gasteiger charge is 2.09. The second-order valence-electron chi connectivity index (χ2n) is 3.05. The zero-order chi connectivity index (χ0) is 11.5. The van der Waals surface area contributed by atoms with Crippen LogP contribution in [0.4, 0.5) is 5.69 Å². The fraction of sp³-hybridized carbons (Fsp3) is 0.444. The largest absolute Gasteiger partial charge is 0.481 e. The van der Waals surface area contributed by atoms with Crippen LogP contribution >= 0.6 is 0 Å². The maximum absolute atomic E-state index is 11.3. The van der Waals surface area contributed by atoms with E-state index < -0.39 is 10.0 Å². The number of aryl methyl sites for hydroxylation is 1. The van der Waals surface area contributed by atoms with Crippen molar-refractivity contribution in [3.8, 4) is 5.88 Å². The zero-order valence-corrected chi connectivity index (χ0v) is 9.76. The number of rotatable bonds is 4. The highest BCUT2D eigenvalue weighted by molar-refractivity contribution is 7.92. The first-order valence-corrected chi connectivity index (χ1v) is 6.15. The average Bonchev–Trinajstić information content (AvgIpc) is 2.21. The molecule has 0 atom stereocenters. The Morgan fingerprint density at radius 1 is 1.53 bits per heavy atom. The third kappa shape index (κ3) is 3.09. The van der Waals surface area contributed by atoms with Gasteiger partial charge in [-0.05, 0) is 19.4 Å². The van der Waals surface area contributed by atoms with Gasteiger partial charge in [0.2, 0.25) is 15.9 Å². The minimum atomic E-state index is -3.25. The summed E-state index contributed by atoms with van der Waals surface area (Å²) in [6, 6.07) is 1.67. The van der Waals surface area contributed by atoms with E-state index in [9.17, 15) is 8.42 Å². The highest BCUT2D eigenvalue weighted by Crippen LogP contribution is 2.18. The Morgan fingerprint density at radius 3 is 2.67 bits per heavy atom. The second-order valence-corrected chi connectivity index (χ2v) is 5.06. The van der Waals surface area contributed by atoms with Crippen molar-refractivity contribution in [2.24, 2.45) is 0 Å². The lowest BCUT2D eigenvalue weighted by Gasteiger charge is -2.09. The number of aromatic nitrogens is 1. The smallest absolute Gasteiger partial charge is 0.232 e. The van der Waals surface area contributed by atoms with E-state index in [-0.39, 0.29) is 5.75 Å². The van der Waals surface area contributed by atoms with Crippen LogP contribution in [-0.2, 0) is 10.0 Å². The molecule has 1 aromatic heterocycles. The first kappa shape index (κ1) is 11.8. The van der Waals surface area contributed by atoms with Gasteiger partial charge in [0.25, 0.3) is 0 Å². The Hall–Kier alpha value is -1.30. The SMILES string of the molecule is CCS(=O)(=O)Nc1cnc(OC)cc1C. The molecule has 6 heteroatoms. The monoisotopic (exact) mass is 230 g/mol. The van der Waals surface area contributed by atoms with E-state index >= 15 is 0 Å². The molecule has 0 aromatic carbocycles. The first-order valence-electron chi connectivity index (χ1n) is 4.49. The lowest BCUT2D eigenvalue weighted by atomic mass is 10.2. The number of anilines is 1. The van der Waals surface area contributed by atoms with Gasteiger partial charge in [-0.3, -0.25) is 4.72 Å². The van der Waals surface area contributed by atoms with Crippen molar-refractivity contribution in [3.63, 3.8) is 0 Å². The topological polar surface area (TPSA) is 68.3 Å². The maximum Gasteiger partial charge on any atom is 0.232 e. The number of methoxy groups -OCH3 is 1. The van der Waals surface area contributed by atoms with Crippen molar-refractivity contribution in [1.82, 2.24) is 4.98 Å². The van der Waals surface area contributed by atoms with Crippen LogP contribution in [0, 0.1) is 6.92 Å². The molecule has 0 saturated heterocycles. The van der Waals surface area contributed by atoms with Crippen LogP contribution in [0.25, 0.3) is 0 Å². The van der Waals surface area contributed by atoms with Gasteiger partial charge in [-0.1, -0.05) is 0 Å².